The zero-order valence-electron chi connectivity index (χ0n) is 18.1. The van der Waals surface area contributed by atoms with Crippen molar-refractivity contribution in [2.45, 2.75) is 25.3 Å². The molecule has 174 valence electrons. The predicted octanol–water partition coefficient (Wildman–Crippen LogP) is 3.44. The summed E-state index contributed by atoms with van der Waals surface area (Å²) in [6.45, 7) is 4.64. The average Bonchev–Trinajstić information content (AvgIpc) is 2.79. The fourth-order valence-corrected chi connectivity index (χ4v) is 5.49. The molecule has 0 amide bonds. The lowest BCUT2D eigenvalue weighted by atomic mass is 10.0. The first kappa shape index (κ1) is 23.4. The quantitative estimate of drug-likeness (QED) is 0.398. The maximum atomic E-state index is 13.0. The van der Waals surface area contributed by atoms with E-state index < -0.39 is 21.6 Å². The van der Waals surface area contributed by atoms with Gasteiger partial charge in [-0.05, 0) is 55.3 Å². The van der Waals surface area contributed by atoms with E-state index in [-0.39, 0.29) is 48.4 Å². The number of ether oxygens (including phenoxy) is 2. The van der Waals surface area contributed by atoms with E-state index in [9.17, 15) is 18.0 Å². The Balaban J connectivity index is 1.60. The van der Waals surface area contributed by atoms with Crippen LogP contribution in [0.4, 0.5) is 0 Å². The van der Waals surface area contributed by atoms with E-state index in [0.717, 1.165) is 11.1 Å². The molecule has 0 aliphatic carbocycles. The Morgan fingerprint density at radius 3 is 2.52 bits per heavy atom. The highest BCUT2D eigenvalue weighted by atomic mass is 35.5. The number of nitrogens with zero attached hydrogens (tertiary/aromatic N) is 1. The Morgan fingerprint density at radius 1 is 1.09 bits per heavy atom. The van der Waals surface area contributed by atoms with E-state index in [0.29, 0.717) is 16.5 Å². The summed E-state index contributed by atoms with van der Waals surface area (Å²) in [5.74, 6) is -0.740. The van der Waals surface area contributed by atoms with Gasteiger partial charge in [0.2, 0.25) is 10.0 Å². The van der Waals surface area contributed by atoms with Gasteiger partial charge in [0, 0.05) is 30.1 Å². The summed E-state index contributed by atoms with van der Waals surface area (Å²) in [6.07, 6.45) is 0. The summed E-state index contributed by atoms with van der Waals surface area (Å²) < 4.78 is 43.1. The first-order valence-corrected chi connectivity index (χ1v) is 12.1. The first-order valence-electron chi connectivity index (χ1n) is 10.3. The standard InChI is InChI=1S/C23H22ClNO7S/c1-14-9-18-17(12-22(26)32-20(18)10-15(14)2)13-31-23(27)16-3-4-19(24)21(11-16)33(28,29)25-5-7-30-8-6-25/h3-4,9-12H,5-8,13H2,1-2H3. The van der Waals surface area contributed by atoms with E-state index in [1.165, 1.54) is 28.6 Å². The number of hydrogen-bond acceptors (Lipinski definition) is 7. The molecule has 33 heavy (non-hydrogen) atoms. The predicted molar refractivity (Wildman–Crippen MR) is 122 cm³/mol. The Hall–Kier alpha value is -2.72. The molecule has 1 aromatic heterocycles. The van der Waals surface area contributed by atoms with Gasteiger partial charge >= 0.3 is 11.6 Å². The van der Waals surface area contributed by atoms with E-state index in [2.05, 4.69) is 0 Å². The Bertz CT molecular complexity index is 1390. The fourth-order valence-electron chi connectivity index (χ4n) is 3.58. The minimum Gasteiger partial charge on any atom is -0.457 e. The second-order valence-electron chi connectivity index (χ2n) is 7.76. The maximum Gasteiger partial charge on any atom is 0.338 e. The number of esters is 1. The summed E-state index contributed by atoms with van der Waals surface area (Å²) in [7, 11) is -3.90. The van der Waals surface area contributed by atoms with E-state index in [1.807, 2.05) is 19.9 Å². The SMILES string of the molecule is Cc1cc2oc(=O)cc(COC(=O)c3ccc(Cl)c(S(=O)(=O)N4CCOCC4)c3)c2cc1C. The number of halogens is 1. The molecule has 0 unspecified atom stereocenters. The molecule has 2 aromatic carbocycles. The molecule has 4 rings (SSSR count). The molecule has 8 nitrogen and oxygen atoms in total. The van der Waals surface area contributed by atoms with Crippen LogP contribution in [0.2, 0.25) is 5.02 Å². The molecule has 0 bridgehead atoms. The van der Waals surface area contributed by atoms with Crippen LogP contribution in [-0.2, 0) is 26.1 Å². The zero-order valence-corrected chi connectivity index (χ0v) is 19.7. The molecule has 1 aliphatic rings. The molecular weight excluding hydrogens is 470 g/mol. The largest absolute Gasteiger partial charge is 0.457 e. The van der Waals surface area contributed by atoms with Crippen LogP contribution < -0.4 is 5.63 Å². The van der Waals surface area contributed by atoms with Gasteiger partial charge in [0.05, 0.1) is 23.8 Å². The molecule has 1 aliphatic heterocycles. The minimum atomic E-state index is -3.90. The highest BCUT2D eigenvalue weighted by molar-refractivity contribution is 7.89. The molecule has 2 heterocycles. The number of benzene rings is 2. The van der Waals surface area contributed by atoms with Crippen molar-refractivity contribution in [2.24, 2.45) is 0 Å². The van der Waals surface area contributed by atoms with Crippen LogP contribution in [-0.4, -0.2) is 45.0 Å². The van der Waals surface area contributed by atoms with E-state index in [4.69, 9.17) is 25.5 Å². The van der Waals surface area contributed by atoms with E-state index >= 15 is 0 Å². The Morgan fingerprint density at radius 2 is 1.79 bits per heavy atom. The van der Waals surface area contributed by atoms with Gasteiger partial charge in [0.15, 0.2) is 0 Å². The number of sulfonamides is 1. The Labute approximate surface area is 195 Å². The normalized spacial score (nSPS) is 15.0. The van der Waals surface area contributed by atoms with Gasteiger partial charge in [0.1, 0.15) is 17.1 Å². The molecule has 1 fully saturated rings. The van der Waals surface area contributed by atoms with Crippen LogP contribution >= 0.6 is 11.6 Å². The van der Waals surface area contributed by atoms with Crippen LogP contribution in [0.1, 0.15) is 27.0 Å². The van der Waals surface area contributed by atoms with Gasteiger partial charge < -0.3 is 13.9 Å². The summed E-state index contributed by atoms with van der Waals surface area (Å²) in [5.41, 5.74) is 2.34. The first-order chi connectivity index (χ1) is 15.7. The van der Waals surface area contributed by atoms with Crippen LogP contribution in [0.15, 0.2) is 50.5 Å². The number of carbonyl (C=O) groups excluding carboxylic acids is 1. The zero-order chi connectivity index (χ0) is 23.8. The minimum absolute atomic E-state index is 0.00977. The molecule has 0 radical (unpaired) electrons. The molecular formula is C23H22ClNO7S. The van der Waals surface area contributed by atoms with Crippen molar-refractivity contribution in [1.29, 1.82) is 0 Å². The van der Waals surface area contributed by atoms with Crippen molar-refractivity contribution < 1.29 is 27.1 Å². The number of hydrogen-bond donors (Lipinski definition) is 0. The van der Waals surface area contributed by atoms with Gasteiger partial charge in [-0.1, -0.05) is 11.6 Å². The second-order valence-corrected chi connectivity index (χ2v) is 10.1. The smallest absolute Gasteiger partial charge is 0.338 e. The van der Waals surface area contributed by atoms with Gasteiger partial charge in [-0.25, -0.2) is 18.0 Å². The van der Waals surface area contributed by atoms with Crippen molar-refractivity contribution in [3.05, 3.63) is 74.1 Å². The molecule has 3 aromatic rings. The second kappa shape index (κ2) is 9.26. The molecule has 0 saturated carbocycles. The lowest BCUT2D eigenvalue weighted by Gasteiger charge is -2.26. The number of carbonyl (C=O) groups is 1. The number of morpholine rings is 1. The lowest BCUT2D eigenvalue weighted by molar-refractivity contribution is 0.0473. The van der Waals surface area contributed by atoms with Crippen LogP contribution in [0.3, 0.4) is 0 Å². The molecule has 0 spiro atoms. The highest BCUT2D eigenvalue weighted by Gasteiger charge is 2.29. The molecule has 10 heteroatoms. The number of aryl methyl sites for hydroxylation is 2. The van der Waals surface area contributed by atoms with Crippen molar-refractivity contribution in [1.82, 2.24) is 4.31 Å². The van der Waals surface area contributed by atoms with Crippen molar-refractivity contribution in [3.63, 3.8) is 0 Å². The Kier molecular flexibility index (Phi) is 6.58. The third-order valence-corrected chi connectivity index (χ3v) is 7.94. The third-order valence-electron chi connectivity index (χ3n) is 5.56. The maximum absolute atomic E-state index is 13.0. The number of fused-ring (bicyclic) bond motifs is 1. The molecule has 0 N–H and O–H groups in total. The van der Waals surface area contributed by atoms with Crippen LogP contribution in [0, 0.1) is 13.8 Å². The lowest BCUT2D eigenvalue weighted by Crippen LogP contribution is -2.40. The number of rotatable bonds is 5. The molecule has 0 atom stereocenters. The third kappa shape index (κ3) is 4.81. The van der Waals surface area contributed by atoms with Crippen LogP contribution in [0.5, 0.6) is 0 Å². The topological polar surface area (TPSA) is 103 Å². The van der Waals surface area contributed by atoms with Crippen molar-refractivity contribution >= 4 is 38.6 Å². The van der Waals surface area contributed by atoms with Gasteiger partial charge in [-0.3, -0.25) is 0 Å². The summed E-state index contributed by atoms with van der Waals surface area (Å²) >= 11 is 6.15. The van der Waals surface area contributed by atoms with Gasteiger partial charge in [-0.2, -0.15) is 4.31 Å². The fraction of sp³-hybridized carbons (Fsp3) is 0.304. The summed E-state index contributed by atoms with van der Waals surface area (Å²) in [6, 6.07) is 8.87. The van der Waals surface area contributed by atoms with E-state index in [1.54, 1.807) is 6.07 Å². The molecule has 1 saturated heterocycles. The monoisotopic (exact) mass is 491 g/mol. The van der Waals surface area contributed by atoms with Crippen molar-refractivity contribution in [3.8, 4) is 0 Å². The van der Waals surface area contributed by atoms with Gasteiger partial charge in [-0.15, -0.1) is 0 Å². The van der Waals surface area contributed by atoms with Crippen molar-refractivity contribution in [2.75, 3.05) is 26.3 Å². The average molecular weight is 492 g/mol. The highest BCUT2D eigenvalue weighted by Crippen LogP contribution is 2.27. The van der Waals surface area contributed by atoms with Crippen LogP contribution in [0.25, 0.3) is 11.0 Å². The summed E-state index contributed by atoms with van der Waals surface area (Å²) in [5, 5.41) is 0.674. The summed E-state index contributed by atoms with van der Waals surface area (Å²) in [4.78, 5) is 24.5. The van der Waals surface area contributed by atoms with Gasteiger partial charge in [0.25, 0.3) is 0 Å².